The van der Waals surface area contributed by atoms with Gasteiger partial charge in [-0.2, -0.15) is 5.26 Å². The Morgan fingerprint density at radius 2 is 1.97 bits per heavy atom. The van der Waals surface area contributed by atoms with E-state index in [-0.39, 0.29) is 17.7 Å². The van der Waals surface area contributed by atoms with Crippen molar-refractivity contribution in [2.75, 3.05) is 33.3 Å². The summed E-state index contributed by atoms with van der Waals surface area (Å²) in [4.78, 5) is 18.7. The average molecular weight is 442 g/mol. The highest BCUT2D eigenvalue weighted by atomic mass is 16.5. The molecule has 1 heterocycles. The Kier molecular flexibility index (Phi) is 6.30. The number of hydrogen-bond donors (Lipinski definition) is 0. The van der Waals surface area contributed by atoms with Gasteiger partial charge in [0.15, 0.2) is 5.78 Å². The maximum atomic E-state index is 13.8. The third kappa shape index (κ3) is 4.59. The summed E-state index contributed by atoms with van der Waals surface area (Å²) in [6.07, 6.45) is 10.8. The molecule has 0 aromatic heterocycles. The van der Waals surface area contributed by atoms with Crippen LogP contribution in [-0.2, 0) is 0 Å². The number of piperazine rings is 1. The second-order valence-electron chi connectivity index (χ2n) is 9.47. The summed E-state index contributed by atoms with van der Waals surface area (Å²) < 4.78 is 5.34. The minimum absolute atomic E-state index is 0.0621. The number of benzene rings is 2. The molecule has 0 N–H and O–H groups in total. The van der Waals surface area contributed by atoms with Crippen molar-refractivity contribution in [3.8, 4) is 11.8 Å². The number of rotatable bonds is 6. The van der Waals surface area contributed by atoms with Crippen LogP contribution in [0.25, 0.3) is 10.8 Å². The second-order valence-corrected chi connectivity index (χ2v) is 9.47. The molecule has 2 fully saturated rings. The topological polar surface area (TPSA) is 56.6 Å². The fourth-order valence-corrected chi connectivity index (χ4v) is 5.24. The predicted molar refractivity (Wildman–Crippen MR) is 130 cm³/mol. The Morgan fingerprint density at radius 1 is 1.15 bits per heavy atom. The normalized spacial score (nSPS) is 24.2. The molecule has 0 amide bonds. The zero-order chi connectivity index (χ0) is 22.8. The summed E-state index contributed by atoms with van der Waals surface area (Å²) in [6.45, 7) is 3.38. The second kappa shape index (κ2) is 9.51. The number of methoxy groups -OCH3 is 1. The molecule has 5 heteroatoms. The Balaban J connectivity index is 1.41. The molecule has 2 aliphatic carbocycles. The molecule has 2 aromatic carbocycles. The number of fused-ring (bicyclic) bond motifs is 1. The highest BCUT2D eigenvalue weighted by Gasteiger charge is 2.37. The van der Waals surface area contributed by atoms with Crippen LogP contribution in [0.15, 0.2) is 60.2 Å². The number of ketones is 1. The molecule has 2 atom stereocenters. The molecular weight excluding hydrogens is 410 g/mol. The molecule has 33 heavy (non-hydrogen) atoms. The minimum Gasteiger partial charge on any atom is -0.497 e. The summed E-state index contributed by atoms with van der Waals surface area (Å²) in [5.41, 5.74) is 1.91. The van der Waals surface area contributed by atoms with Crippen LogP contribution in [0.5, 0.6) is 5.75 Å². The lowest BCUT2D eigenvalue weighted by Gasteiger charge is -2.46. The van der Waals surface area contributed by atoms with Gasteiger partial charge < -0.3 is 4.74 Å². The number of Topliss-reactive ketones (excluding diaryl/α,β-unsaturated/α-hetero) is 1. The molecule has 1 saturated carbocycles. The van der Waals surface area contributed by atoms with Gasteiger partial charge in [-0.25, -0.2) is 0 Å². The SMILES string of the molecule is COc1ccc2cc(C(=O)C3CN(C4CCC4)CCN3CC3=CC(C#N)CC=C3)ccc2c1. The van der Waals surface area contributed by atoms with Crippen molar-refractivity contribution in [3.05, 3.63) is 65.8 Å². The molecule has 2 unspecified atom stereocenters. The Morgan fingerprint density at radius 3 is 2.73 bits per heavy atom. The Bertz CT molecular complexity index is 1140. The first-order chi connectivity index (χ1) is 16.1. The Labute approximate surface area is 195 Å². The maximum Gasteiger partial charge on any atom is 0.181 e. The molecule has 0 radical (unpaired) electrons. The number of carbonyl (C=O) groups excluding carboxylic acids is 1. The third-order valence-electron chi connectivity index (χ3n) is 7.44. The van der Waals surface area contributed by atoms with E-state index < -0.39 is 0 Å². The smallest absolute Gasteiger partial charge is 0.181 e. The van der Waals surface area contributed by atoms with Crippen LogP contribution < -0.4 is 4.74 Å². The van der Waals surface area contributed by atoms with E-state index >= 15 is 0 Å². The van der Waals surface area contributed by atoms with E-state index in [9.17, 15) is 10.1 Å². The molecular formula is C28H31N3O2. The molecule has 3 aliphatic rings. The van der Waals surface area contributed by atoms with Crippen molar-refractivity contribution in [1.82, 2.24) is 9.80 Å². The molecule has 170 valence electrons. The van der Waals surface area contributed by atoms with Crippen LogP contribution in [0.4, 0.5) is 0 Å². The lowest BCUT2D eigenvalue weighted by atomic mass is 9.89. The van der Waals surface area contributed by atoms with Crippen molar-refractivity contribution in [3.63, 3.8) is 0 Å². The molecule has 1 aliphatic heterocycles. The molecule has 5 nitrogen and oxygen atoms in total. The van der Waals surface area contributed by atoms with Gasteiger partial charge >= 0.3 is 0 Å². The fraction of sp³-hybridized carbons (Fsp3) is 0.429. The number of nitriles is 1. The number of hydrogen-bond acceptors (Lipinski definition) is 5. The predicted octanol–water partition coefficient (Wildman–Crippen LogP) is 4.60. The molecule has 0 spiro atoms. The number of allylic oxidation sites excluding steroid dienone is 2. The van der Waals surface area contributed by atoms with E-state index in [4.69, 9.17) is 4.74 Å². The first-order valence-corrected chi connectivity index (χ1v) is 12.0. The molecule has 0 bridgehead atoms. The lowest BCUT2D eigenvalue weighted by molar-refractivity contribution is 0.0273. The molecule has 1 saturated heterocycles. The van der Waals surface area contributed by atoms with Gasteiger partial charge in [0.2, 0.25) is 0 Å². The van der Waals surface area contributed by atoms with Crippen molar-refractivity contribution in [2.45, 2.75) is 37.8 Å². The van der Waals surface area contributed by atoms with Crippen LogP contribution in [0.3, 0.4) is 0 Å². The van der Waals surface area contributed by atoms with Crippen molar-refractivity contribution in [1.29, 1.82) is 5.26 Å². The molecule has 2 aromatic rings. The van der Waals surface area contributed by atoms with E-state index in [1.807, 2.05) is 36.4 Å². The summed E-state index contributed by atoms with van der Waals surface area (Å²) in [7, 11) is 1.67. The zero-order valence-electron chi connectivity index (χ0n) is 19.2. The van der Waals surface area contributed by atoms with Crippen molar-refractivity contribution >= 4 is 16.6 Å². The summed E-state index contributed by atoms with van der Waals surface area (Å²) >= 11 is 0. The zero-order valence-corrected chi connectivity index (χ0v) is 19.2. The average Bonchev–Trinajstić information content (AvgIpc) is 2.83. The maximum absolute atomic E-state index is 13.8. The molecule has 5 rings (SSSR count). The van der Waals surface area contributed by atoms with E-state index in [0.717, 1.165) is 53.7 Å². The largest absolute Gasteiger partial charge is 0.497 e. The van der Waals surface area contributed by atoms with Gasteiger partial charge in [-0.05, 0) is 53.8 Å². The summed E-state index contributed by atoms with van der Waals surface area (Å²) in [5.74, 6) is 0.947. The van der Waals surface area contributed by atoms with Gasteiger partial charge in [-0.15, -0.1) is 0 Å². The van der Waals surface area contributed by atoms with Crippen molar-refractivity contribution in [2.24, 2.45) is 5.92 Å². The van der Waals surface area contributed by atoms with Gasteiger partial charge in [0.05, 0.1) is 25.1 Å². The van der Waals surface area contributed by atoms with Gasteiger partial charge in [-0.3, -0.25) is 14.6 Å². The van der Waals surface area contributed by atoms with Crippen LogP contribution in [0.1, 0.15) is 36.0 Å². The third-order valence-corrected chi connectivity index (χ3v) is 7.44. The number of nitrogens with zero attached hydrogens (tertiary/aromatic N) is 3. The van der Waals surface area contributed by atoms with Crippen molar-refractivity contribution < 1.29 is 9.53 Å². The Hall–Kier alpha value is -2.94. The summed E-state index contributed by atoms with van der Waals surface area (Å²) in [5, 5.41) is 11.5. The van der Waals surface area contributed by atoms with Crippen LogP contribution in [0.2, 0.25) is 0 Å². The van der Waals surface area contributed by atoms with E-state index in [0.29, 0.717) is 12.6 Å². The standard InChI is InChI=1S/C28H31N3O2/c1-33-26-11-10-22-15-24(9-8-23(22)16-26)28(32)27-19-30(25-6-3-7-25)12-13-31(27)18-21-5-2-4-20(14-21)17-29/h2,5,8-11,14-16,20,25,27H,3-4,6-7,12-13,18-19H2,1H3. The quantitative estimate of drug-likeness (QED) is 0.614. The van der Waals surface area contributed by atoms with E-state index in [1.54, 1.807) is 7.11 Å². The van der Waals surface area contributed by atoms with E-state index in [2.05, 4.69) is 34.1 Å². The first kappa shape index (κ1) is 21.9. The van der Waals surface area contributed by atoms with E-state index in [1.165, 1.54) is 19.3 Å². The van der Waals surface area contributed by atoms with Gasteiger partial charge in [-0.1, -0.05) is 42.8 Å². The number of ether oxygens (including phenoxy) is 1. The monoisotopic (exact) mass is 441 g/mol. The first-order valence-electron chi connectivity index (χ1n) is 12.0. The fourth-order valence-electron chi connectivity index (χ4n) is 5.24. The highest BCUT2D eigenvalue weighted by Crippen LogP contribution is 2.29. The van der Waals surface area contributed by atoms with Crippen LogP contribution >= 0.6 is 0 Å². The van der Waals surface area contributed by atoms with Gasteiger partial charge in [0.25, 0.3) is 0 Å². The number of carbonyl (C=O) groups is 1. The van der Waals surface area contributed by atoms with Crippen LogP contribution in [0, 0.1) is 17.2 Å². The summed E-state index contributed by atoms with van der Waals surface area (Å²) in [6, 6.07) is 14.8. The lowest BCUT2D eigenvalue weighted by Crippen LogP contribution is -2.59. The highest BCUT2D eigenvalue weighted by molar-refractivity contribution is 6.03. The minimum atomic E-state index is -0.174. The van der Waals surface area contributed by atoms with Gasteiger partial charge in [0, 0.05) is 37.8 Å². The van der Waals surface area contributed by atoms with Crippen LogP contribution in [-0.4, -0.2) is 61.0 Å². The van der Waals surface area contributed by atoms with Gasteiger partial charge in [0.1, 0.15) is 5.75 Å².